The minimum absolute atomic E-state index is 0.0326. The molecule has 0 unspecified atom stereocenters. The minimum atomic E-state index is -0.366. The summed E-state index contributed by atoms with van der Waals surface area (Å²) in [4.78, 5) is 5.14. The second kappa shape index (κ2) is 23.7. The summed E-state index contributed by atoms with van der Waals surface area (Å²) in [5, 5.41) is 4.45. The van der Waals surface area contributed by atoms with Gasteiger partial charge in [-0.05, 0) is 211 Å². The highest BCUT2D eigenvalue weighted by atomic mass is 16.3. The minimum Gasteiger partial charge on any atom is -0.456 e. The summed E-state index contributed by atoms with van der Waals surface area (Å²) in [6.07, 6.45) is 0. The fraction of sp³-hybridized carbons (Fsp3) is 0.298. The normalized spacial score (nSPS) is 13.6. The van der Waals surface area contributed by atoms with Crippen molar-refractivity contribution in [2.75, 3.05) is 9.80 Å². The van der Waals surface area contributed by atoms with Gasteiger partial charge < -0.3 is 18.6 Å². The molecular formula is C94H97BN2O2. The summed E-state index contributed by atoms with van der Waals surface area (Å²) in [6, 6.07) is 77.7. The predicted molar refractivity (Wildman–Crippen MR) is 428 cm³/mol. The molecule has 5 heteroatoms. The highest BCUT2D eigenvalue weighted by Crippen LogP contribution is 2.52. The maximum atomic E-state index is 7.72. The SMILES string of the molecule is CC(C)c1cc(-c2cc3c(c4oc5ccccc5c24)B2c4c(cccc4N(c4ccc(-c5cc(C(C)(C)C)cc(C(C)(C)C)c5)cc4)c4cc(-c5cc(C(C)C)cc(C(C)C)c5)c5c(oc6ccccc65)c42)N3c2ccc(-c3cc(C(C)(C)C)cc(C(C)(C)C)c3)cc2)cc(C(C)C)c1. The van der Waals surface area contributed by atoms with Crippen LogP contribution < -0.4 is 26.2 Å². The largest absolute Gasteiger partial charge is 0.456 e. The Morgan fingerprint density at radius 1 is 0.293 bits per heavy atom. The van der Waals surface area contributed by atoms with Crippen molar-refractivity contribution in [2.45, 2.75) is 184 Å². The molecule has 2 aliphatic rings. The number of hydrogen-bond donors (Lipinski definition) is 0. The molecule has 13 aromatic rings. The lowest BCUT2D eigenvalue weighted by Gasteiger charge is -2.44. The lowest BCUT2D eigenvalue weighted by Crippen LogP contribution is -2.61. The van der Waals surface area contributed by atoms with E-state index in [1.165, 1.54) is 83.4 Å². The molecular weight excluding hydrogens is 1200 g/mol. The molecule has 0 atom stereocenters. The van der Waals surface area contributed by atoms with E-state index < -0.39 is 0 Å². The van der Waals surface area contributed by atoms with Gasteiger partial charge in [0.05, 0.1) is 0 Å². The average molecular weight is 1300 g/mol. The quantitative estimate of drug-likeness (QED) is 0.128. The Labute approximate surface area is 589 Å². The van der Waals surface area contributed by atoms with E-state index in [1.807, 2.05) is 0 Å². The molecule has 2 aromatic heterocycles. The summed E-state index contributed by atoms with van der Waals surface area (Å²) in [5.41, 5.74) is 33.5. The first-order chi connectivity index (χ1) is 46.9. The van der Waals surface area contributed by atoms with Crippen LogP contribution in [-0.4, -0.2) is 6.71 Å². The molecule has 2 aliphatic heterocycles. The molecule has 0 spiro atoms. The Balaban J connectivity index is 1.07. The van der Waals surface area contributed by atoms with Gasteiger partial charge in [-0.1, -0.05) is 278 Å². The van der Waals surface area contributed by atoms with Gasteiger partial charge in [0.15, 0.2) is 0 Å². The molecule has 498 valence electrons. The number of anilines is 6. The van der Waals surface area contributed by atoms with E-state index in [-0.39, 0.29) is 28.4 Å². The van der Waals surface area contributed by atoms with E-state index in [2.05, 4.69) is 348 Å². The van der Waals surface area contributed by atoms with Crippen molar-refractivity contribution in [1.29, 1.82) is 0 Å². The molecule has 11 aromatic carbocycles. The van der Waals surface area contributed by atoms with Gasteiger partial charge in [0.25, 0.3) is 6.71 Å². The van der Waals surface area contributed by atoms with Gasteiger partial charge in [0.1, 0.15) is 22.3 Å². The van der Waals surface area contributed by atoms with Crippen molar-refractivity contribution >= 4 is 101 Å². The van der Waals surface area contributed by atoms with Crippen molar-refractivity contribution in [1.82, 2.24) is 0 Å². The fourth-order valence-corrected chi connectivity index (χ4v) is 15.6. The molecule has 0 saturated carbocycles. The Hall–Kier alpha value is -9.32. The molecule has 4 heterocycles. The molecule has 99 heavy (non-hydrogen) atoms. The molecule has 4 nitrogen and oxygen atoms in total. The Bertz CT molecular complexity index is 4920. The summed E-state index contributed by atoms with van der Waals surface area (Å²) >= 11 is 0. The Morgan fingerprint density at radius 3 is 0.929 bits per heavy atom. The number of hydrogen-bond acceptors (Lipinski definition) is 4. The van der Waals surface area contributed by atoms with E-state index in [0.717, 1.165) is 100 Å². The van der Waals surface area contributed by atoms with Gasteiger partial charge in [-0.15, -0.1) is 0 Å². The number of para-hydroxylation sites is 2. The van der Waals surface area contributed by atoms with Crippen molar-refractivity contribution in [2.24, 2.45) is 0 Å². The summed E-state index contributed by atoms with van der Waals surface area (Å²) in [6.45, 7) is 46.2. The van der Waals surface area contributed by atoms with Gasteiger partial charge in [0.2, 0.25) is 0 Å². The zero-order chi connectivity index (χ0) is 69.8. The van der Waals surface area contributed by atoms with Crippen LogP contribution in [0.5, 0.6) is 0 Å². The first-order valence-corrected chi connectivity index (χ1v) is 36.4. The monoisotopic (exact) mass is 1300 g/mol. The topological polar surface area (TPSA) is 32.8 Å². The first kappa shape index (κ1) is 65.6. The van der Waals surface area contributed by atoms with Crippen LogP contribution in [0, 0.1) is 0 Å². The molecule has 0 fully saturated rings. The smallest absolute Gasteiger partial charge is 0.261 e. The van der Waals surface area contributed by atoms with Gasteiger partial charge in [-0.25, -0.2) is 0 Å². The van der Waals surface area contributed by atoms with Crippen LogP contribution in [0.1, 0.15) is 207 Å². The maximum absolute atomic E-state index is 7.72. The maximum Gasteiger partial charge on any atom is 0.261 e. The van der Waals surface area contributed by atoms with Crippen LogP contribution in [0.4, 0.5) is 34.1 Å². The summed E-state index contributed by atoms with van der Waals surface area (Å²) < 4.78 is 15.4. The highest BCUT2D eigenvalue weighted by molar-refractivity contribution is 7.02. The third-order valence-electron chi connectivity index (χ3n) is 21.7. The van der Waals surface area contributed by atoms with E-state index in [4.69, 9.17) is 8.83 Å². The standard InChI is InChI=1S/C94H97BN2O2/c1-54(2)60-40-61(55(3)4)43-66(42-60)76-52-80-87(89-84(76)74-26-21-23-30-82(74)98-89)95-86-78(96(80)72-36-32-58(33-37-72)64-46-68(91(9,10)11)50-69(47-64)92(12,13)14)28-25-29-79(86)97(73-38-34-59(35-39-73)65-48-70(93(15,16)17)51-71(49-65)94(18,19)20)81-53-77(67-44-62(56(5)6)41-63(45-67)57(7)8)85-75-27-22-24-31-83(75)99-90(85)88(81)95/h21-57H,1-20H3. The average Bonchev–Trinajstić information content (AvgIpc) is 1.67. The van der Waals surface area contributed by atoms with Crippen molar-refractivity contribution in [3.05, 3.63) is 245 Å². The molecule has 15 rings (SSSR count). The van der Waals surface area contributed by atoms with Crippen LogP contribution in [0.15, 0.2) is 209 Å². The second-order valence-corrected chi connectivity index (χ2v) is 34.2. The van der Waals surface area contributed by atoms with Crippen LogP contribution in [0.3, 0.4) is 0 Å². The highest BCUT2D eigenvalue weighted by Gasteiger charge is 2.48. The van der Waals surface area contributed by atoms with E-state index in [0.29, 0.717) is 23.7 Å². The third kappa shape index (κ3) is 11.3. The fourth-order valence-electron chi connectivity index (χ4n) is 15.6. The number of nitrogens with zero attached hydrogens (tertiary/aromatic N) is 2. The molecule has 0 aliphatic carbocycles. The number of benzene rings is 11. The zero-order valence-corrected chi connectivity index (χ0v) is 62.2. The van der Waals surface area contributed by atoms with Gasteiger partial charge in [-0.2, -0.15) is 0 Å². The lowest BCUT2D eigenvalue weighted by molar-refractivity contribution is 0.568. The van der Waals surface area contributed by atoms with Gasteiger partial charge in [0, 0.05) is 55.7 Å². The van der Waals surface area contributed by atoms with E-state index in [9.17, 15) is 0 Å². The number of fused-ring (bicyclic) bond motifs is 12. The summed E-state index contributed by atoms with van der Waals surface area (Å²) in [5.74, 6) is 1.28. The summed E-state index contributed by atoms with van der Waals surface area (Å²) in [7, 11) is 0. The Morgan fingerprint density at radius 2 is 0.616 bits per heavy atom. The molecule has 0 saturated heterocycles. The van der Waals surface area contributed by atoms with Crippen LogP contribution in [0.2, 0.25) is 0 Å². The number of rotatable bonds is 10. The van der Waals surface area contributed by atoms with Crippen molar-refractivity contribution in [3.63, 3.8) is 0 Å². The van der Waals surface area contributed by atoms with Crippen molar-refractivity contribution in [3.8, 4) is 44.5 Å². The molecule has 0 bridgehead atoms. The predicted octanol–water partition coefficient (Wildman–Crippen LogP) is 25.9. The van der Waals surface area contributed by atoms with Gasteiger partial charge in [-0.3, -0.25) is 0 Å². The Kier molecular flexibility index (Phi) is 15.7. The second-order valence-electron chi connectivity index (χ2n) is 34.2. The van der Waals surface area contributed by atoms with Crippen LogP contribution in [-0.2, 0) is 21.7 Å². The van der Waals surface area contributed by atoms with Gasteiger partial charge >= 0.3 is 0 Å². The van der Waals surface area contributed by atoms with Crippen LogP contribution in [0.25, 0.3) is 88.4 Å². The van der Waals surface area contributed by atoms with E-state index >= 15 is 0 Å². The third-order valence-corrected chi connectivity index (χ3v) is 21.7. The molecule has 0 radical (unpaired) electrons. The lowest BCUT2D eigenvalue weighted by atomic mass is 9.33. The molecule has 0 N–H and O–H groups in total. The zero-order valence-electron chi connectivity index (χ0n) is 62.2. The number of furan rings is 2. The van der Waals surface area contributed by atoms with E-state index in [1.54, 1.807) is 0 Å². The van der Waals surface area contributed by atoms with Crippen molar-refractivity contribution < 1.29 is 8.83 Å². The van der Waals surface area contributed by atoms with Crippen LogP contribution >= 0.6 is 0 Å². The molecule has 0 amide bonds. The first-order valence-electron chi connectivity index (χ1n) is 36.4.